The first-order valence-corrected chi connectivity index (χ1v) is 10.7. The van der Waals surface area contributed by atoms with Gasteiger partial charge in [-0.05, 0) is 42.5 Å². The molecule has 0 atom stereocenters. The van der Waals surface area contributed by atoms with Crippen LogP contribution in [0.5, 0.6) is 5.75 Å². The minimum absolute atomic E-state index is 0.119. The fourth-order valence-electron chi connectivity index (χ4n) is 2.43. The van der Waals surface area contributed by atoms with E-state index in [1.54, 1.807) is 45.5 Å². The average Bonchev–Trinajstić information content (AvgIpc) is 3.19. The van der Waals surface area contributed by atoms with Gasteiger partial charge in [0.2, 0.25) is 11.0 Å². The number of ether oxygens (including phenoxy) is 1. The predicted octanol–water partition coefficient (Wildman–Crippen LogP) is 3.72. The first kappa shape index (κ1) is 21.6. The van der Waals surface area contributed by atoms with Gasteiger partial charge in [-0.15, -0.1) is 10.2 Å². The van der Waals surface area contributed by atoms with Crippen LogP contribution >= 0.6 is 23.1 Å². The number of methoxy groups -OCH3 is 1. The molecule has 0 bridgehead atoms. The fourth-order valence-corrected chi connectivity index (χ4v) is 4.00. The van der Waals surface area contributed by atoms with Crippen molar-refractivity contribution in [3.63, 3.8) is 0 Å². The number of carbonyl (C=O) groups excluding carboxylic acids is 2. The van der Waals surface area contributed by atoms with Gasteiger partial charge in [0.25, 0.3) is 5.91 Å². The van der Waals surface area contributed by atoms with E-state index in [-0.39, 0.29) is 17.6 Å². The van der Waals surface area contributed by atoms with E-state index in [2.05, 4.69) is 20.8 Å². The SMILES string of the molecule is COc1ccc(Nc2nnc(SCC(=O)Nc3cccc(C(=O)N(C)C)c3)s2)cc1. The van der Waals surface area contributed by atoms with E-state index >= 15 is 0 Å². The van der Waals surface area contributed by atoms with Crippen LogP contribution in [0.25, 0.3) is 0 Å². The monoisotopic (exact) mass is 443 g/mol. The molecule has 10 heteroatoms. The van der Waals surface area contributed by atoms with Crippen LogP contribution < -0.4 is 15.4 Å². The minimum Gasteiger partial charge on any atom is -0.497 e. The highest BCUT2D eigenvalue weighted by Gasteiger charge is 2.11. The number of thioether (sulfide) groups is 1. The summed E-state index contributed by atoms with van der Waals surface area (Å²) in [7, 11) is 4.99. The van der Waals surface area contributed by atoms with Crippen LogP contribution in [-0.2, 0) is 4.79 Å². The van der Waals surface area contributed by atoms with Gasteiger partial charge in [0.05, 0.1) is 12.9 Å². The number of hydrogen-bond acceptors (Lipinski definition) is 8. The quantitative estimate of drug-likeness (QED) is 0.512. The average molecular weight is 444 g/mol. The van der Waals surface area contributed by atoms with Gasteiger partial charge in [-0.2, -0.15) is 0 Å². The van der Waals surface area contributed by atoms with Crippen LogP contribution in [0.2, 0.25) is 0 Å². The van der Waals surface area contributed by atoms with Crippen molar-refractivity contribution in [2.24, 2.45) is 0 Å². The smallest absolute Gasteiger partial charge is 0.253 e. The van der Waals surface area contributed by atoms with Crippen molar-refractivity contribution in [1.82, 2.24) is 15.1 Å². The number of carbonyl (C=O) groups is 2. The first-order valence-electron chi connectivity index (χ1n) is 8.93. The summed E-state index contributed by atoms with van der Waals surface area (Å²) < 4.78 is 5.81. The van der Waals surface area contributed by atoms with Crippen molar-refractivity contribution >= 4 is 51.4 Å². The summed E-state index contributed by atoms with van der Waals surface area (Å²) in [4.78, 5) is 25.8. The standard InChI is InChI=1S/C20H21N5O3S2/c1-25(2)18(27)13-5-4-6-15(11-13)21-17(26)12-29-20-24-23-19(30-20)22-14-7-9-16(28-3)10-8-14/h4-11H,12H2,1-3H3,(H,21,26)(H,22,23). The highest BCUT2D eigenvalue weighted by atomic mass is 32.2. The van der Waals surface area contributed by atoms with Gasteiger partial charge >= 0.3 is 0 Å². The lowest BCUT2D eigenvalue weighted by Crippen LogP contribution is -2.22. The van der Waals surface area contributed by atoms with E-state index in [0.29, 0.717) is 20.7 Å². The summed E-state index contributed by atoms with van der Waals surface area (Å²) in [5.41, 5.74) is 1.96. The molecule has 1 aromatic heterocycles. The molecular formula is C20H21N5O3S2. The topological polar surface area (TPSA) is 96.5 Å². The van der Waals surface area contributed by atoms with Crippen LogP contribution in [0.4, 0.5) is 16.5 Å². The van der Waals surface area contributed by atoms with Crippen LogP contribution in [-0.4, -0.2) is 53.9 Å². The number of hydrogen-bond donors (Lipinski definition) is 2. The zero-order chi connectivity index (χ0) is 21.5. The summed E-state index contributed by atoms with van der Waals surface area (Å²) in [6.45, 7) is 0. The van der Waals surface area contributed by atoms with Gasteiger partial charge in [0.15, 0.2) is 4.34 Å². The van der Waals surface area contributed by atoms with Gasteiger partial charge in [-0.25, -0.2) is 0 Å². The predicted molar refractivity (Wildman–Crippen MR) is 120 cm³/mol. The van der Waals surface area contributed by atoms with Crippen LogP contribution in [0.3, 0.4) is 0 Å². The molecule has 0 radical (unpaired) electrons. The van der Waals surface area contributed by atoms with Gasteiger partial charge in [0.1, 0.15) is 5.75 Å². The molecule has 0 spiro atoms. The van der Waals surface area contributed by atoms with E-state index in [4.69, 9.17) is 4.74 Å². The molecule has 2 aromatic carbocycles. The summed E-state index contributed by atoms with van der Waals surface area (Å²) in [6.07, 6.45) is 0. The molecule has 156 valence electrons. The zero-order valence-electron chi connectivity index (χ0n) is 16.7. The van der Waals surface area contributed by atoms with E-state index in [1.807, 2.05) is 24.3 Å². The third-order valence-electron chi connectivity index (χ3n) is 3.87. The molecule has 3 rings (SSSR count). The Morgan fingerprint density at radius 1 is 1.10 bits per heavy atom. The second kappa shape index (κ2) is 10.1. The molecule has 0 unspecified atom stereocenters. The van der Waals surface area contributed by atoms with E-state index in [0.717, 1.165) is 11.4 Å². The Labute approximate surface area is 182 Å². The summed E-state index contributed by atoms with van der Waals surface area (Å²) in [6, 6.07) is 14.3. The largest absolute Gasteiger partial charge is 0.497 e. The molecule has 0 fully saturated rings. The highest BCUT2D eigenvalue weighted by molar-refractivity contribution is 8.01. The van der Waals surface area contributed by atoms with Crippen LogP contribution in [0.1, 0.15) is 10.4 Å². The van der Waals surface area contributed by atoms with Crippen molar-refractivity contribution in [3.8, 4) is 5.75 Å². The molecule has 0 aliphatic heterocycles. The summed E-state index contributed by atoms with van der Waals surface area (Å²) in [5, 5.41) is 14.8. The lowest BCUT2D eigenvalue weighted by molar-refractivity contribution is -0.113. The molecule has 30 heavy (non-hydrogen) atoms. The van der Waals surface area contributed by atoms with Gasteiger partial charge < -0.3 is 20.3 Å². The Balaban J connectivity index is 1.51. The van der Waals surface area contributed by atoms with Gasteiger partial charge in [-0.3, -0.25) is 9.59 Å². The molecule has 0 aliphatic rings. The van der Waals surface area contributed by atoms with Crippen molar-refractivity contribution < 1.29 is 14.3 Å². The molecule has 1 heterocycles. The Bertz CT molecular complexity index is 1020. The van der Waals surface area contributed by atoms with Crippen molar-refractivity contribution in [1.29, 1.82) is 0 Å². The normalized spacial score (nSPS) is 10.4. The fraction of sp³-hybridized carbons (Fsp3) is 0.200. The molecule has 8 nitrogen and oxygen atoms in total. The molecule has 2 N–H and O–H groups in total. The van der Waals surface area contributed by atoms with Crippen molar-refractivity contribution in [3.05, 3.63) is 54.1 Å². The Hall–Kier alpha value is -3.11. The van der Waals surface area contributed by atoms with Crippen molar-refractivity contribution in [2.45, 2.75) is 4.34 Å². The number of aromatic nitrogens is 2. The van der Waals surface area contributed by atoms with Gasteiger partial charge in [-0.1, -0.05) is 29.2 Å². The number of nitrogens with one attached hydrogen (secondary N) is 2. The Kier molecular flexibility index (Phi) is 7.26. The number of nitrogens with zero attached hydrogens (tertiary/aromatic N) is 3. The molecule has 2 amide bonds. The number of amides is 2. The third-order valence-corrected chi connectivity index (χ3v) is 5.85. The first-order chi connectivity index (χ1) is 14.4. The van der Waals surface area contributed by atoms with E-state index < -0.39 is 0 Å². The lowest BCUT2D eigenvalue weighted by atomic mass is 10.2. The van der Waals surface area contributed by atoms with Crippen LogP contribution in [0, 0.1) is 0 Å². The maximum Gasteiger partial charge on any atom is 0.253 e. The van der Waals surface area contributed by atoms with Crippen molar-refractivity contribution in [2.75, 3.05) is 37.6 Å². The number of benzene rings is 2. The van der Waals surface area contributed by atoms with E-state index in [9.17, 15) is 9.59 Å². The van der Waals surface area contributed by atoms with Gasteiger partial charge in [0, 0.05) is 31.0 Å². The maximum atomic E-state index is 12.3. The summed E-state index contributed by atoms with van der Waals surface area (Å²) in [5.74, 6) is 0.653. The highest BCUT2D eigenvalue weighted by Crippen LogP contribution is 2.28. The third kappa shape index (κ3) is 5.94. The summed E-state index contributed by atoms with van der Waals surface area (Å²) >= 11 is 2.66. The maximum absolute atomic E-state index is 12.3. The lowest BCUT2D eigenvalue weighted by Gasteiger charge is -2.11. The zero-order valence-corrected chi connectivity index (χ0v) is 18.3. The van der Waals surface area contributed by atoms with Crippen LogP contribution in [0.15, 0.2) is 52.9 Å². The number of anilines is 3. The minimum atomic E-state index is -0.186. The molecule has 0 aliphatic carbocycles. The Morgan fingerprint density at radius 2 is 1.87 bits per heavy atom. The molecule has 0 saturated carbocycles. The molecular weight excluding hydrogens is 422 g/mol. The number of rotatable bonds is 8. The van der Waals surface area contributed by atoms with E-state index in [1.165, 1.54) is 28.0 Å². The second-order valence-electron chi connectivity index (χ2n) is 6.34. The second-order valence-corrected chi connectivity index (χ2v) is 8.54. The molecule has 0 saturated heterocycles. The molecule has 3 aromatic rings. The Morgan fingerprint density at radius 3 is 2.57 bits per heavy atom.